The van der Waals surface area contributed by atoms with Gasteiger partial charge in [-0.1, -0.05) is 0 Å². The van der Waals surface area contributed by atoms with Crippen molar-refractivity contribution in [3.05, 3.63) is 0 Å². The van der Waals surface area contributed by atoms with Gasteiger partial charge in [-0.3, -0.25) is 8.92 Å². The monoisotopic (exact) mass is 282 g/mol. The third-order valence-electron chi connectivity index (χ3n) is 0. The summed E-state index contributed by atoms with van der Waals surface area (Å²) in [5, 5.41) is 0. The molecule has 0 aliphatic heterocycles. The third-order valence-corrected chi connectivity index (χ3v) is 0. The molecule has 0 radical (unpaired) electrons. The van der Waals surface area contributed by atoms with E-state index >= 15 is 0 Å². The Bertz CT molecular complexity index is 89.8. The van der Waals surface area contributed by atoms with E-state index in [9.17, 15) is 0 Å². The van der Waals surface area contributed by atoms with Crippen molar-refractivity contribution in [2.45, 2.75) is 0 Å². The Labute approximate surface area is 165 Å². The molecule has 6 nitrogen and oxygen atoms in total. The molecule has 0 bridgehead atoms. The quantitative estimate of drug-likeness (QED) is 0.340. The zero-order valence-corrected chi connectivity index (χ0v) is 14.4. The predicted octanol–water partition coefficient (Wildman–Crippen LogP) is -3.69. The Hall–Kier alpha value is 3.01. The Morgan fingerprint density at radius 3 is 0.727 bits per heavy atom. The van der Waals surface area contributed by atoms with E-state index in [1.165, 1.54) is 0 Å². The number of hydrogen-bond donors (Lipinski definition) is 4. The molecular weight excluding hydrogens is 272 g/mol. The van der Waals surface area contributed by atoms with Gasteiger partial charge in [-0.15, -0.1) is 0 Å². The molecule has 0 aliphatic rings. The van der Waals surface area contributed by atoms with Crippen molar-refractivity contribution < 1.29 is 36.7 Å². The summed E-state index contributed by atoms with van der Waals surface area (Å²) >= 11 is 0. The zero-order chi connectivity index (χ0) is 7.15. The summed E-state index contributed by atoms with van der Waals surface area (Å²) in [4.78, 5) is 28.6. The van der Waals surface area contributed by atoms with Crippen molar-refractivity contribution in [1.82, 2.24) is 0 Å². The van der Waals surface area contributed by atoms with Gasteiger partial charge in [-0.05, 0) is 0 Å². The SMILES string of the molecule is O=[Si](O)O.O=[Si](O)O.[Ca+2].[Ca+2].[Ca+2].[H-].[H-].[H-].[H-].[H-].[H-]. The molecule has 0 saturated carbocycles. The average Bonchev–Trinajstić information content (AvgIpc) is 1.25. The van der Waals surface area contributed by atoms with Crippen LogP contribution >= 0.6 is 0 Å². The normalized spacial score (nSPS) is 4.36. The van der Waals surface area contributed by atoms with E-state index in [1.54, 1.807) is 0 Å². The summed E-state index contributed by atoms with van der Waals surface area (Å²) < 4.78 is 17.5. The third kappa shape index (κ3) is 174. The molecule has 0 saturated heterocycles. The summed E-state index contributed by atoms with van der Waals surface area (Å²) in [5.41, 5.74) is 0. The van der Waals surface area contributed by atoms with E-state index in [4.69, 9.17) is 28.1 Å². The van der Waals surface area contributed by atoms with Crippen LogP contribution in [-0.2, 0) is 8.92 Å². The van der Waals surface area contributed by atoms with Crippen LogP contribution in [0, 0.1) is 0 Å². The topological polar surface area (TPSA) is 115 Å². The van der Waals surface area contributed by atoms with Crippen LogP contribution in [0.1, 0.15) is 8.56 Å². The molecule has 11 heavy (non-hydrogen) atoms. The first-order chi connectivity index (χ1) is 3.46. The van der Waals surface area contributed by atoms with Crippen molar-refractivity contribution in [3.8, 4) is 0 Å². The second-order valence-corrected chi connectivity index (χ2v) is 1.70. The molecule has 0 spiro atoms. The maximum absolute atomic E-state index is 8.74. The first kappa shape index (κ1) is 29.2. The Kier molecular flexibility index (Phi) is 61.4. The maximum Gasteiger partial charge on any atom is 2.00 e. The van der Waals surface area contributed by atoms with Crippen LogP contribution in [0.15, 0.2) is 0 Å². The van der Waals surface area contributed by atoms with E-state index in [0.717, 1.165) is 0 Å². The summed E-state index contributed by atoms with van der Waals surface area (Å²) in [5.74, 6) is 0. The van der Waals surface area contributed by atoms with E-state index in [2.05, 4.69) is 0 Å². The van der Waals surface area contributed by atoms with Crippen molar-refractivity contribution in [2.75, 3.05) is 0 Å². The van der Waals surface area contributed by atoms with Crippen LogP contribution in [0.4, 0.5) is 0 Å². The first-order valence-electron chi connectivity index (χ1n) is 1.30. The van der Waals surface area contributed by atoms with Crippen LogP contribution in [-0.4, -0.2) is 151 Å². The molecule has 0 unspecified atom stereocenters. The molecule has 0 fully saturated rings. The van der Waals surface area contributed by atoms with Gasteiger partial charge < -0.3 is 27.7 Å². The minimum absolute atomic E-state index is 0. The fourth-order valence-electron chi connectivity index (χ4n) is 0. The largest absolute Gasteiger partial charge is 2.00 e. The van der Waals surface area contributed by atoms with Gasteiger partial charge in [0.2, 0.25) is 0 Å². The molecule has 0 aromatic carbocycles. The minimum Gasteiger partial charge on any atom is -1.00 e. The van der Waals surface area contributed by atoms with Gasteiger partial charge >= 0.3 is 132 Å². The minimum atomic E-state index is -3.13. The smallest absolute Gasteiger partial charge is 1.00 e. The summed E-state index contributed by atoms with van der Waals surface area (Å²) in [7, 11) is -6.26. The fourth-order valence-corrected chi connectivity index (χ4v) is 0. The van der Waals surface area contributed by atoms with Crippen LogP contribution in [0.5, 0.6) is 0 Å². The molecule has 0 amide bonds. The van der Waals surface area contributed by atoms with Gasteiger partial charge in [-0.2, -0.15) is 0 Å². The van der Waals surface area contributed by atoms with Gasteiger partial charge in [-0.25, -0.2) is 0 Å². The molecule has 60 valence electrons. The van der Waals surface area contributed by atoms with E-state index < -0.39 is 18.3 Å². The second kappa shape index (κ2) is 23.1. The molecule has 0 aromatic rings. The van der Waals surface area contributed by atoms with Crippen molar-refractivity contribution in [1.29, 1.82) is 0 Å². The number of rotatable bonds is 0. The molecule has 0 aliphatic carbocycles. The Morgan fingerprint density at radius 2 is 0.727 bits per heavy atom. The van der Waals surface area contributed by atoms with Gasteiger partial charge in [0.05, 0.1) is 0 Å². The molecule has 4 N–H and O–H groups in total. The van der Waals surface area contributed by atoms with Crippen molar-refractivity contribution >= 4 is 132 Å². The fraction of sp³-hybridized carbons (Fsp3) is 0. The summed E-state index contributed by atoms with van der Waals surface area (Å²) in [6.07, 6.45) is 0. The molecular formula is H10Ca3O6Si2. The van der Waals surface area contributed by atoms with Crippen LogP contribution in [0.3, 0.4) is 0 Å². The molecule has 0 aromatic heterocycles. The number of hydrogen-bond acceptors (Lipinski definition) is 2. The van der Waals surface area contributed by atoms with Gasteiger partial charge in [0.1, 0.15) is 0 Å². The second-order valence-electron chi connectivity index (χ2n) is 0.565. The Morgan fingerprint density at radius 1 is 0.727 bits per heavy atom. The predicted molar refractivity (Wildman–Crippen MR) is 45.7 cm³/mol. The first-order valence-corrected chi connectivity index (χ1v) is 3.91. The Balaban J connectivity index is -0.00000000308. The van der Waals surface area contributed by atoms with Gasteiger partial charge in [0.25, 0.3) is 0 Å². The van der Waals surface area contributed by atoms with E-state index in [-0.39, 0.29) is 122 Å². The standard InChI is InChI=1S/3Ca.2H2O3Si.6H/c;;;2*1-4(2)3;;;;;;/h;;;2*1-2H;;;;;;/q3*+2;;;6*-1. The molecule has 0 heterocycles. The van der Waals surface area contributed by atoms with E-state index in [1.807, 2.05) is 0 Å². The van der Waals surface area contributed by atoms with Crippen LogP contribution in [0.2, 0.25) is 0 Å². The summed E-state index contributed by atoms with van der Waals surface area (Å²) in [6, 6.07) is 0. The van der Waals surface area contributed by atoms with Gasteiger partial charge in [0.15, 0.2) is 0 Å². The zero-order valence-electron chi connectivity index (χ0n) is 11.7. The van der Waals surface area contributed by atoms with E-state index in [0.29, 0.717) is 0 Å². The molecule has 0 rings (SSSR count). The van der Waals surface area contributed by atoms with Gasteiger partial charge in [0, 0.05) is 0 Å². The van der Waals surface area contributed by atoms with Crippen LogP contribution < -0.4 is 0 Å². The molecule has 11 heteroatoms. The van der Waals surface area contributed by atoms with Crippen molar-refractivity contribution in [3.63, 3.8) is 0 Å². The summed E-state index contributed by atoms with van der Waals surface area (Å²) in [6.45, 7) is 0. The average molecular weight is 282 g/mol. The maximum atomic E-state index is 8.74. The van der Waals surface area contributed by atoms with Crippen LogP contribution in [0.25, 0.3) is 0 Å². The molecule has 0 atom stereocenters. The van der Waals surface area contributed by atoms with Crippen molar-refractivity contribution in [2.24, 2.45) is 0 Å².